The van der Waals surface area contributed by atoms with Gasteiger partial charge in [0.1, 0.15) is 28.2 Å². The van der Waals surface area contributed by atoms with Crippen molar-refractivity contribution in [3.63, 3.8) is 0 Å². The van der Waals surface area contributed by atoms with E-state index in [-0.39, 0.29) is 6.61 Å². The summed E-state index contributed by atoms with van der Waals surface area (Å²) in [5.74, 6) is 0.644. The second kappa shape index (κ2) is 12.4. The molecule has 2 heterocycles. The van der Waals surface area contributed by atoms with Gasteiger partial charge in [-0.05, 0) is 67.1 Å². The second-order valence-electron chi connectivity index (χ2n) is 9.86. The number of amides is 2. The minimum absolute atomic E-state index is 0.197. The number of esters is 1. The van der Waals surface area contributed by atoms with Crippen molar-refractivity contribution in [2.75, 3.05) is 31.5 Å². The van der Waals surface area contributed by atoms with Crippen LogP contribution in [0.15, 0.2) is 84.9 Å². The van der Waals surface area contributed by atoms with Crippen LogP contribution in [0.4, 0.5) is 16.2 Å². The predicted octanol–water partition coefficient (Wildman–Crippen LogP) is 7.20. The number of carbonyl (C=O) groups is 2. The Morgan fingerprint density at radius 2 is 1.64 bits per heavy atom. The van der Waals surface area contributed by atoms with E-state index in [0.29, 0.717) is 46.2 Å². The fourth-order valence-electron chi connectivity index (χ4n) is 5.21. The van der Waals surface area contributed by atoms with Crippen LogP contribution >= 0.6 is 11.7 Å². The third-order valence-corrected chi connectivity index (χ3v) is 7.72. The molecule has 0 fully saturated rings. The summed E-state index contributed by atoms with van der Waals surface area (Å²) in [7, 11) is 3.15. The zero-order valence-electron chi connectivity index (χ0n) is 24.3. The quantitative estimate of drug-likeness (QED) is 0.167. The number of carbonyl (C=O) groups excluding carboxylic acids is 2. The van der Waals surface area contributed by atoms with Crippen LogP contribution in [-0.4, -0.2) is 46.1 Å². The minimum Gasteiger partial charge on any atom is -0.497 e. The van der Waals surface area contributed by atoms with Crippen LogP contribution in [0.3, 0.4) is 0 Å². The number of benzene rings is 4. The summed E-state index contributed by atoms with van der Waals surface area (Å²) < 4.78 is 27.5. The zero-order chi connectivity index (χ0) is 30.6. The third-order valence-electron chi connectivity index (χ3n) is 7.16. The summed E-state index contributed by atoms with van der Waals surface area (Å²) in [6.07, 6.45) is 0. The monoisotopic (exact) mass is 607 g/mol. The summed E-state index contributed by atoms with van der Waals surface area (Å²) in [6.45, 7) is 2.33. The van der Waals surface area contributed by atoms with E-state index in [9.17, 15) is 9.59 Å². The number of anilines is 2. The van der Waals surface area contributed by atoms with Gasteiger partial charge in [0.2, 0.25) is 0 Å². The van der Waals surface area contributed by atoms with Gasteiger partial charge in [-0.25, -0.2) is 9.59 Å². The van der Waals surface area contributed by atoms with Crippen LogP contribution in [0.25, 0.3) is 33.1 Å². The molecule has 0 atom stereocenters. The SMILES string of the molecule is CCOC(=O)c1c(-c2ccc(OC)cc2OC)c2cc(NC(=O)Nc3ccccc3)ccc2n1Cc1ccc2nsnc2c1. The molecular formula is C33H29N5O5S. The normalized spacial score (nSPS) is 11.0. The first-order valence-electron chi connectivity index (χ1n) is 13.9. The molecule has 0 unspecified atom stereocenters. The van der Waals surface area contributed by atoms with Crippen molar-refractivity contribution in [2.24, 2.45) is 0 Å². The number of para-hydroxylation sites is 1. The molecule has 0 bridgehead atoms. The Hall–Kier alpha value is -5.42. The van der Waals surface area contributed by atoms with Gasteiger partial charge in [0.15, 0.2) is 0 Å². The number of aromatic nitrogens is 3. The van der Waals surface area contributed by atoms with E-state index in [4.69, 9.17) is 14.2 Å². The maximum Gasteiger partial charge on any atom is 0.355 e. The Kier molecular flexibility index (Phi) is 8.11. The summed E-state index contributed by atoms with van der Waals surface area (Å²) in [6, 6.07) is 25.6. The highest BCUT2D eigenvalue weighted by molar-refractivity contribution is 7.00. The fraction of sp³-hybridized carbons (Fsp3) is 0.152. The summed E-state index contributed by atoms with van der Waals surface area (Å²) in [4.78, 5) is 26.7. The van der Waals surface area contributed by atoms with Gasteiger partial charge in [-0.2, -0.15) is 8.75 Å². The number of urea groups is 1. The van der Waals surface area contributed by atoms with Crippen molar-refractivity contribution >= 4 is 57.0 Å². The lowest BCUT2D eigenvalue weighted by Crippen LogP contribution is -2.19. The molecule has 6 rings (SSSR count). The van der Waals surface area contributed by atoms with Crippen molar-refractivity contribution in [1.29, 1.82) is 0 Å². The molecular weight excluding hydrogens is 578 g/mol. The highest BCUT2D eigenvalue weighted by Gasteiger charge is 2.28. The van der Waals surface area contributed by atoms with Crippen molar-refractivity contribution in [2.45, 2.75) is 13.5 Å². The van der Waals surface area contributed by atoms with Crippen LogP contribution in [0.5, 0.6) is 11.5 Å². The molecule has 0 saturated carbocycles. The van der Waals surface area contributed by atoms with E-state index >= 15 is 0 Å². The van der Waals surface area contributed by atoms with Crippen LogP contribution in [-0.2, 0) is 11.3 Å². The van der Waals surface area contributed by atoms with Gasteiger partial charge in [-0.15, -0.1) is 0 Å². The molecule has 44 heavy (non-hydrogen) atoms. The molecule has 0 aliphatic rings. The molecule has 11 heteroatoms. The summed E-state index contributed by atoms with van der Waals surface area (Å²) >= 11 is 1.16. The van der Waals surface area contributed by atoms with Crippen LogP contribution < -0.4 is 20.1 Å². The highest BCUT2D eigenvalue weighted by Crippen LogP contribution is 2.42. The lowest BCUT2D eigenvalue weighted by Gasteiger charge is -2.14. The first-order chi connectivity index (χ1) is 21.5. The number of nitrogens with one attached hydrogen (secondary N) is 2. The molecule has 2 N–H and O–H groups in total. The molecule has 0 radical (unpaired) electrons. The number of nitrogens with zero attached hydrogens (tertiary/aromatic N) is 3. The molecule has 0 spiro atoms. The van der Waals surface area contributed by atoms with Crippen molar-refractivity contribution in [3.05, 3.63) is 96.2 Å². The molecule has 6 aromatic rings. The van der Waals surface area contributed by atoms with Crippen molar-refractivity contribution in [3.8, 4) is 22.6 Å². The fourth-order valence-corrected chi connectivity index (χ4v) is 5.73. The maximum atomic E-state index is 13.8. The average Bonchev–Trinajstić information content (AvgIpc) is 3.63. The van der Waals surface area contributed by atoms with E-state index in [1.165, 1.54) is 0 Å². The minimum atomic E-state index is -0.482. The van der Waals surface area contributed by atoms with Gasteiger partial charge in [-0.3, -0.25) is 0 Å². The second-order valence-corrected chi connectivity index (χ2v) is 10.4. The molecule has 0 saturated heterocycles. The van der Waals surface area contributed by atoms with E-state index in [1.807, 2.05) is 77.4 Å². The maximum absolute atomic E-state index is 13.8. The topological polar surface area (TPSA) is 117 Å². The summed E-state index contributed by atoms with van der Waals surface area (Å²) in [5.41, 5.74) is 6.15. The Morgan fingerprint density at radius 3 is 2.41 bits per heavy atom. The lowest BCUT2D eigenvalue weighted by molar-refractivity contribution is 0.0516. The highest BCUT2D eigenvalue weighted by atomic mass is 32.1. The standard InChI is InChI=1S/C33H29N5O5S/c1-4-43-32(39)31-30(24-13-12-23(41-2)18-29(24)42-3)25-17-22(35-33(40)34-21-8-6-5-7-9-21)11-15-28(25)38(31)19-20-10-14-26-27(16-20)37-44-36-26/h5-18H,4,19H2,1-3H3,(H2,34,35,40). The van der Waals surface area contributed by atoms with E-state index in [1.54, 1.807) is 33.3 Å². The molecule has 2 aromatic heterocycles. The molecule has 10 nitrogen and oxygen atoms in total. The predicted molar refractivity (Wildman–Crippen MR) is 172 cm³/mol. The van der Waals surface area contributed by atoms with Gasteiger partial charge < -0.3 is 29.4 Å². The number of fused-ring (bicyclic) bond motifs is 2. The summed E-state index contributed by atoms with van der Waals surface area (Å²) in [5, 5.41) is 6.48. The zero-order valence-corrected chi connectivity index (χ0v) is 25.1. The van der Waals surface area contributed by atoms with E-state index in [2.05, 4.69) is 19.4 Å². The third kappa shape index (κ3) is 5.64. The van der Waals surface area contributed by atoms with Crippen molar-refractivity contribution < 1.29 is 23.8 Å². The molecule has 4 aromatic carbocycles. The number of ether oxygens (including phenoxy) is 3. The first kappa shape index (κ1) is 28.7. The van der Waals surface area contributed by atoms with E-state index in [0.717, 1.165) is 39.2 Å². The Labute approximate surface area is 257 Å². The van der Waals surface area contributed by atoms with Crippen molar-refractivity contribution in [1.82, 2.24) is 13.3 Å². The first-order valence-corrected chi connectivity index (χ1v) is 14.6. The Bertz CT molecular complexity index is 1990. The largest absolute Gasteiger partial charge is 0.497 e. The smallest absolute Gasteiger partial charge is 0.355 e. The number of methoxy groups -OCH3 is 2. The van der Waals surface area contributed by atoms with E-state index < -0.39 is 12.0 Å². The van der Waals surface area contributed by atoms with Crippen LogP contribution in [0, 0.1) is 0 Å². The van der Waals surface area contributed by atoms with Gasteiger partial charge in [-0.1, -0.05) is 24.3 Å². The van der Waals surface area contributed by atoms with Gasteiger partial charge in [0.25, 0.3) is 0 Å². The average molecular weight is 608 g/mol. The molecule has 0 aliphatic carbocycles. The van der Waals surface area contributed by atoms with Crippen LogP contribution in [0.1, 0.15) is 23.0 Å². The number of hydrogen-bond donors (Lipinski definition) is 2. The number of hydrogen-bond acceptors (Lipinski definition) is 8. The Balaban J connectivity index is 1.53. The van der Waals surface area contributed by atoms with Gasteiger partial charge in [0, 0.05) is 46.0 Å². The van der Waals surface area contributed by atoms with Gasteiger partial charge in [0.05, 0.1) is 32.6 Å². The van der Waals surface area contributed by atoms with Gasteiger partial charge >= 0.3 is 12.0 Å². The molecule has 2 amide bonds. The molecule has 222 valence electrons. The Morgan fingerprint density at radius 1 is 0.841 bits per heavy atom. The number of rotatable bonds is 9. The molecule has 0 aliphatic heterocycles. The lowest BCUT2D eigenvalue weighted by atomic mass is 10.00. The van der Waals surface area contributed by atoms with Crippen LogP contribution in [0.2, 0.25) is 0 Å².